The topological polar surface area (TPSA) is 66.4 Å². The number of benzene rings is 1. The molecule has 1 saturated carbocycles. The van der Waals surface area contributed by atoms with Gasteiger partial charge in [-0.05, 0) is 30.9 Å². The van der Waals surface area contributed by atoms with E-state index in [4.69, 9.17) is 5.11 Å². The highest BCUT2D eigenvalue weighted by Gasteiger charge is 2.24. The molecule has 2 N–H and O–H groups in total. The summed E-state index contributed by atoms with van der Waals surface area (Å²) in [4.78, 5) is 23.3. The third-order valence-electron chi connectivity index (χ3n) is 3.83. The van der Waals surface area contributed by atoms with E-state index in [1.54, 1.807) is 18.2 Å². The Morgan fingerprint density at radius 3 is 2.42 bits per heavy atom. The highest BCUT2D eigenvalue weighted by Crippen LogP contribution is 2.24. The Labute approximate surface area is 112 Å². The van der Waals surface area contributed by atoms with Crippen LogP contribution in [0.3, 0.4) is 0 Å². The standard InChI is InChI=1S/C15H19NO3/c1-10-6-2-5-9-13(10)16-14(17)11-7-3-4-8-12(11)15(18)19/h3-4,7-8,10,13H,2,5-6,9H2,1H3,(H,16,17)(H,18,19). The lowest BCUT2D eigenvalue weighted by Gasteiger charge is -2.29. The number of carbonyl (C=O) groups is 2. The summed E-state index contributed by atoms with van der Waals surface area (Å²) in [6.07, 6.45) is 4.42. The molecule has 2 rings (SSSR count). The molecule has 1 aromatic carbocycles. The molecule has 1 aliphatic rings. The van der Waals surface area contributed by atoms with Crippen molar-refractivity contribution in [1.82, 2.24) is 5.32 Å². The minimum absolute atomic E-state index is 0.0588. The van der Waals surface area contributed by atoms with Crippen LogP contribution in [0.5, 0.6) is 0 Å². The first kappa shape index (κ1) is 13.6. The fourth-order valence-corrected chi connectivity index (χ4v) is 2.64. The Morgan fingerprint density at radius 1 is 1.16 bits per heavy atom. The molecule has 0 saturated heterocycles. The zero-order valence-electron chi connectivity index (χ0n) is 11.1. The Hall–Kier alpha value is -1.84. The van der Waals surface area contributed by atoms with E-state index in [0.717, 1.165) is 19.3 Å². The maximum Gasteiger partial charge on any atom is 0.336 e. The van der Waals surface area contributed by atoms with E-state index < -0.39 is 5.97 Å². The fraction of sp³-hybridized carbons (Fsp3) is 0.467. The Kier molecular flexibility index (Phi) is 4.20. The first-order valence-electron chi connectivity index (χ1n) is 6.73. The van der Waals surface area contributed by atoms with Crippen molar-refractivity contribution in [1.29, 1.82) is 0 Å². The molecule has 1 amide bonds. The summed E-state index contributed by atoms with van der Waals surface area (Å²) in [5, 5.41) is 12.1. The van der Waals surface area contributed by atoms with E-state index in [1.807, 2.05) is 0 Å². The van der Waals surface area contributed by atoms with Gasteiger partial charge >= 0.3 is 5.97 Å². The zero-order chi connectivity index (χ0) is 13.8. The van der Waals surface area contributed by atoms with Crippen molar-refractivity contribution in [2.24, 2.45) is 5.92 Å². The van der Waals surface area contributed by atoms with Gasteiger partial charge in [-0.2, -0.15) is 0 Å². The number of hydrogen-bond acceptors (Lipinski definition) is 2. The summed E-state index contributed by atoms with van der Waals surface area (Å²) in [6, 6.07) is 6.49. The number of carboxylic acid groups (broad SMARTS) is 1. The normalized spacial score (nSPS) is 22.8. The molecular weight excluding hydrogens is 242 g/mol. The van der Waals surface area contributed by atoms with Crippen molar-refractivity contribution in [3.8, 4) is 0 Å². The number of amides is 1. The molecule has 19 heavy (non-hydrogen) atoms. The van der Waals surface area contributed by atoms with Crippen molar-refractivity contribution < 1.29 is 14.7 Å². The van der Waals surface area contributed by atoms with Crippen molar-refractivity contribution in [2.75, 3.05) is 0 Å². The van der Waals surface area contributed by atoms with Crippen LogP contribution in [0.2, 0.25) is 0 Å². The van der Waals surface area contributed by atoms with Crippen molar-refractivity contribution in [3.63, 3.8) is 0 Å². The maximum absolute atomic E-state index is 12.2. The Morgan fingerprint density at radius 2 is 1.79 bits per heavy atom. The largest absolute Gasteiger partial charge is 0.478 e. The first-order chi connectivity index (χ1) is 9.09. The van der Waals surface area contributed by atoms with Gasteiger partial charge in [-0.15, -0.1) is 0 Å². The quantitative estimate of drug-likeness (QED) is 0.879. The minimum atomic E-state index is -1.07. The van der Waals surface area contributed by atoms with Crippen LogP contribution in [0.25, 0.3) is 0 Å². The zero-order valence-corrected chi connectivity index (χ0v) is 11.1. The van der Waals surface area contributed by atoms with Gasteiger partial charge in [0.25, 0.3) is 5.91 Å². The molecule has 4 nitrogen and oxygen atoms in total. The predicted octanol–water partition coefficient (Wildman–Crippen LogP) is 2.69. The number of aromatic carboxylic acids is 1. The number of nitrogens with one attached hydrogen (secondary N) is 1. The average Bonchev–Trinajstić information content (AvgIpc) is 2.41. The average molecular weight is 261 g/mol. The molecule has 4 heteroatoms. The van der Waals surface area contributed by atoms with Crippen LogP contribution in [0.15, 0.2) is 24.3 Å². The summed E-state index contributed by atoms with van der Waals surface area (Å²) in [5.41, 5.74) is 0.302. The van der Waals surface area contributed by atoms with E-state index in [-0.39, 0.29) is 23.1 Å². The van der Waals surface area contributed by atoms with Gasteiger partial charge in [-0.25, -0.2) is 4.79 Å². The molecule has 0 spiro atoms. The summed E-state index contributed by atoms with van der Waals surface area (Å²) in [5.74, 6) is -0.895. The molecule has 0 bridgehead atoms. The van der Waals surface area contributed by atoms with Gasteiger partial charge in [0, 0.05) is 6.04 Å². The molecule has 102 valence electrons. The molecule has 1 aromatic rings. The lowest BCUT2D eigenvalue weighted by Crippen LogP contribution is -2.41. The Balaban J connectivity index is 2.13. The number of hydrogen-bond donors (Lipinski definition) is 2. The second-order valence-corrected chi connectivity index (χ2v) is 5.19. The highest BCUT2D eigenvalue weighted by molar-refractivity contribution is 6.04. The summed E-state index contributed by atoms with van der Waals surface area (Å²) >= 11 is 0. The van der Waals surface area contributed by atoms with Gasteiger partial charge in [-0.3, -0.25) is 4.79 Å². The van der Waals surface area contributed by atoms with Crippen LogP contribution < -0.4 is 5.32 Å². The molecule has 0 heterocycles. The second-order valence-electron chi connectivity index (χ2n) is 5.19. The maximum atomic E-state index is 12.2. The second kappa shape index (κ2) is 5.87. The minimum Gasteiger partial charge on any atom is -0.478 e. The van der Waals surface area contributed by atoms with Gasteiger partial charge in [0.1, 0.15) is 0 Å². The number of carbonyl (C=O) groups excluding carboxylic acids is 1. The summed E-state index contributed by atoms with van der Waals surface area (Å²) in [6.45, 7) is 2.13. The predicted molar refractivity (Wildman–Crippen MR) is 72.3 cm³/mol. The molecule has 0 aromatic heterocycles. The fourth-order valence-electron chi connectivity index (χ4n) is 2.64. The highest BCUT2D eigenvalue weighted by atomic mass is 16.4. The van der Waals surface area contributed by atoms with Gasteiger partial charge in [0.2, 0.25) is 0 Å². The first-order valence-corrected chi connectivity index (χ1v) is 6.73. The monoisotopic (exact) mass is 261 g/mol. The van der Waals surface area contributed by atoms with Gasteiger partial charge in [0.05, 0.1) is 11.1 Å². The van der Waals surface area contributed by atoms with E-state index in [2.05, 4.69) is 12.2 Å². The molecule has 0 aliphatic heterocycles. The van der Waals surface area contributed by atoms with Crippen molar-refractivity contribution >= 4 is 11.9 Å². The molecule has 1 fully saturated rings. The molecule has 2 unspecified atom stereocenters. The van der Waals surface area contributed by atoms with Gasteiger partial charge < -0.3 is 10.4 Å². The smallest absolute Gasteiger partial charge is 0.336 e. The van der Waals surface area contributed by atoms with E-state index in [0.29, 0.717) is 5.92 Å². The molecular formula is C15H19NO3. The Bertz CT molecular complexity index is 484. The molecule has 0 radical (unpaired) electrons. The van der Waals surface area contributed by atoms with E-state index >= 15 is 0 Å². The van der Waals surface area contributed by atoms with Crippen molar-refractivity contribution in [2.45, 2.75) is 38.6 Å². The van der Waals surface area contributed by atoms with Crippen LogP contribution in [0, 0.1) is 5.92 Å². The third kappa shape index (κ3) is 3.13. The summed E-state index contributed by atoms with van der Waals surface area (Å²) < 4.78 is 0. The number of carboxylic acids is 1. The van der Waals surface area contributed by atoms with Gasteiger partial charge in [-0.1, -0.05) is 31.9 Å². The lowest BCUT2D eigenvalue weighted by atomic mass is 9.86. The van der Waals surface area contributed by atoms with E-state index in [1.165, 1.54) is 12.5 Å². The number of rotatable bonds is 3. The van der Waals surface area contributed by atoms with Crippen LogP contribution in [0.1, 0.15) is 53.3 Å². The van der Waals surface area contributed by atoms with Crippen molar-refractivity contribution in [3.05, 3.63) is 35.4 Å². The van der Waals surface area contributed by atoms with Crippen LogP contribution >= 0.6 is 0 Å². The van der Waals surface area contributed by atoms with Crippen LogP contribution in [0.4, 0.5) is 0 Å². The molecule has 1 aliphatic carbocycles. The van der Waals surface area contributed by atoms with Crippen LogP contribution in [-0.2, 0) is 0 Å². The van der Waals surface area contributed by atoms with Crippen LogP contribution in [-0.4, -0.2) is 23.0 Å². The SMILES string of the molecule is CC1CCCCC1NC(=O)c1ccccc1C(=O)O. The molecule has 2 atom stereocenters. The van der Waals surface area contributed by atoms with E-state index in [9.17, 15) is 9.59 Å². The van der Waals surface area contributed by atoms with Gasteiger partial charge in [0.15, 0.2) is 0 Å². The summed E-state index contributed by atoms with van der Waals surface area (Å²) in [7, 11) is 0. The lowest BCUT2D eigenvalue weighted by molar-refractivity contribution is 0.0689. The third-order valence-corrected chi connectivity index (χ3v) is 3.83.